The van der Waals surface area contributed by atoms with Crippen molar-refractivity contribution in [3.8, 4) is 78.9 Å². The van der Waals surface area contributed by atoms with Gasteiger partial charge in [0.2, 0.25) is 0 Å². The number of aromatic nitrogens is 6. The van der Waals surface area contributed by atoms with E-state index >= 15 is 0 Å². The summed E-state index contributed by atoms with van der Waals surface area (Å²) in [5.74, 6) is 1.30. The summed E-state index contributed by atoms with van der Waals surface area (Å²) in [5, 5.41) is 15.9. The fourth-order valence-electron chi connectivity index (χ4n) is 16.5. The summed E-state index contributed by atoms with van der Waals surface area (Å²) in [4.78, 5) is 21.0. The van der Waals surface area contributed by atoms with Crippen molar-refractivity contribution in [3.05, 3.63) is 352 Å². The highest BCUT2D eigenvalue weighted by atomic mass is 32.1. The number of benzene rings is 16. The Hall–Kier alpha value is -14.1. The molecule has 23 rings (SSSR count). The summed E-state index contributed by atoms with van der Waals surface area (Å²) < 4.78 is 20.9. The average molecular weight is 1380 g/mol. The number of hydrogen-bond donors (Lipinski definition) is 0. The zero-order valence-corrected chi connectivity index (χ0v) is 58.2. The third-order valence-electron chi connectivity index (χ3n) is 21.4. The first kappa shape index (κ1) is 60.5. The van der Waals surface area contributed by atoms with Crippen LogP contribution in [0.4, 0.5) is 0 Å². The predicted molar refractivity (Wildman–Crippen MR) is 445 cm³/mol. The lowest BCUT2D eigenvalue weighted by atomic mass is 9.97. The second-order valence-electron chi connectivity index (χ2n) is 27.5. The Bertz CT molecular complexity index is 7560. The maximum Gasteiger partial charge on any atom is 0.164 e. The fourth-order valence-corrected chi connectivity index (χ4v) is 17.6. The molecule has 7 heterocycles. The van der Waals surface area contributed by atoms with Gasteiger partial charge < -0.3 is 18.0 Å². The molecule has 0 N–H and O–H groups in total. The molecule has 16 aromatic carbocycles. The van der Waals surface area contributed by atoms with Gasteiger partial charge in [0.15, 0.2) is 11.6 Å². The van der Waals surface area contributed by atoms with E-state index in [9.17, 15) is 0 Å². The van der Waals surface area contributed by atoms with Gasteiger partial charge in [0.25, 0.3) is 0 Å². The largest absolute Gasteiger partial charge is 0.455 e. The molecule has 0 aliphatic heterocycles. The van der Waals surface area contributed by atoms with Gasteiger partial charge in [-0.15, -0.1) is 11.3 Å². The van der Waals surface area contributed by atoms with Crippen LogP contribution in [0.2, 0.25) is 0 Å². The molecule has 8 nitrogen and oxygen atoms in total. The minimum absolute atomic E-state index is 0.646. The summed E-state index contributed by atoms with van der Waals surface area (Å²) in [6.45, 7) is 0. The molecule has 0 aliphatic carbocycles. The van der Waals surface area contributed by atoms with Crippen LogP contribution in [0.15, 0.2) is 361 Å². The van der Waals surface area contributed by atoms with Crippen molar-refractivity contribution in [2.45, 2.75) is 0 Å². The number of furan rings is 2. The Morgan fingerprint density at radius 2 is 0.664 bits per heavy atom. The van der Waals surface area contributed by atoms with Crippen LogP contribution in [0.1, 0.15) is 0 Å². The van der Waals surface area contributed by atoms with E-state index in [0.29, 0.717) is 11.6 Å². The number of nitrogens with zero attached hydrogens (tertiary/aromatic N) is 6. The molecule has 0 spiro atoms. The fraction of sp³-hybridized carbons (Fsp3) is 0. The van der Waals surface area contributed by atoms with Crippen LogP contribution < -0.4 is 0 Å². The van der Waals surface area contributed by atoms with Gasteiger partial charge >= 0.3 is 0 Å². The Morgan fingerprint density at radius 3 is 1.21 bits per heavy atom. The second kappa shape index (κ2) is 24.3. The van der Waals surface area contributed by atoms with Crippen molar-refractivity contribution in [3.63, 3.8) is 0 Å². The van der Waals surface area contributed by atoms with E-state index in [0.717, 1.165) is 159 Å². The molecule has 0 atom stereocenters. The monoisotopic (exact) mass is 1380 g/mol. The van der Waals surface area contributed by atoms with Crippen molar-refractivity contribution < 1.29 is 8.83 Å². The van der Waals surface area contributed by atoms with Crippen LogP contribution in [0.5, 0.6) is 0 Å². The molecule has 7 aromatic heterocycles. The van der Waals surface area contributed by atoms with Crippen molar-refractivity contribution >= 4 is 152 Å². The minimum atomic E-state index is 0.646. The van der Waals surface area contributed by atoms with Crippen LogP contribution in [0.25, 0.3) is 219 Å². The number of hydrogen-bond acceptors (Lipinski definition) is 7. The standard InChI is InChI=1S/C50H29N3OS.C48H29N3O/c1-3-13-30(14-4-1)46-49-47(38-20-10-12-22-44(38)55-49)52-50(51-46)40-28-33-15-7-8-18-35(33)45-37-25-23-32(29-43(37)54-48(40)45)31-24-26-42-39(27-31)36-19-9-11-21-41(36)53(42)34-16-5-2-6-17-34;1-3-13-30(14-4-1)46-37-20-9-11-21-41(37)49-48(50-46)40-28-33-15-7-8-18-35(33)45-38-25-23-32(29-44(38)52-47(40)45)31-24-26-43-39(27-31)36-19-10-12-22-42(36)51(43)34-16-5-2-6-17-34/h1-29H;1-29H. The molecule has 0 unspecified atom stereocenters. The molecule has 0 saturated heterocycles. The molecule has 107 heavy (non-hydrogen) atoms. The quantitative estimate of drug-likeness (QED) is 0.151. The highest BCUT2D eigenvalue weighted by Crippen LogP contribution is 2.48. The smallest absolute Gasteiger partial charge is 0.164 e. The minimum Gasteiger partial charge on any atom is -0.455 e. The van der Waals surface area contributed by atoms with Crippen LogP contribution in [0.3, 0.4) is 0 Å². The summed E-state index contributed by atoms with van der Waals surface area (Å²) in [6.07, 6.45) is 0. The van der Waals surface area contributed by atoms with E-state index in [1.807, 2.05) is 24.3 Å². The molecular weight excluding hydrogens is 1330 g/mol. The van der Waals surface area contributed by atoms with E-state index in [1.54, 1.807) is 11.3 Å². The number of thiophene rings is 1. The summed E-state index contributed by atoms with van der Waals surface area (Å²) >= 11 is 1.75. The predicted octanol–water partition coefficient (Wildman–Crippen LogP) is 26.8. The third kappa shape index (κ3) is 9.75. The lowest BCUT2D eigenvalue weighted by Gasteiger charge is -2.11. The zero-order chi connectivity index (χ0) is 70.2. The molecule has 0 fully saturated rings. The molecule has 498 valence electrons. The molecule has 0 saturated carbocycles. The van der Waals surface area contributed by atoms with Gasteiger partial charge in [0, 0.05) is 81.1 Å². The van der Waals surface area contributed by atoms with Gasteiger partial charge in [-0.05, 0) is 153 Å². The second-order valence-corrected chi connectivity index (χ2v) is 28.5. The number of rotatable bonds is 8. The van der Waals surface area contributed by atoms with E-state index < -0.39 is 0 Å². The molecule has 0 radical (unpaired) electrons. The maximum absolute atomic E-state index is 6.97. The van der Waals surface area contributed by atoms with E-state index in [1.165, 1.54) is 48.3 Å². The summed E-state index contributed by atoms with van der Waals surface area (Å²) in [6, 6.07) is 124. The first-order valence-electron chi connectivity index (χ1n) is 36.1. The molecule has 23 aromatic rings. The van der Waals surface area contributed by atoms with Crippen molar-refractivity contribution in [1.29, 1.82) is 0 Å². The first-order chi connectivity index (χ1) is 53.0. The Labute approximate surface area is 616 Å². The molecule has 9 heteroatoms. The van der Waals surface area contributed by atoms with Crippen LogP contribution >= 0.6 is 11.3 Å². The zero-order valence-electron chi connectivity index (χ0n) is 57.4. The normalized spacial score (nSPS) is 11.9. The van der Waals surface area contributed by atoms with Gasteiger partial charge in [-0.25, -0.2) is 19.9 Å². The Morgan fingerprint density at radius 1 is 0.262 bits per heavy atom. The highest BCUT2D eigenvalue weighted by molar-refractivity contribution is 7.26. The molecule has 0 aliphatic rings. The molecule has 0 amide bonds. The first-order valence-corrected chi connectivity index (χ1v) is 36.9. The van der Waals surface area contributed by atoms with Crippen molar-refractivity contribution in [2.24, 2.45) is 0 Å². The van der Waals surface area contributed by atoms with Gasteiger partial charge in [-0.2, -0.15) is 0 Å². The lowest BCUT2D eigenvalue weighted by Crippen LogP contribution is -1.95. The lowest BCUT2D eigenvalue weighted by molar-refractivity contribution is 0.669. The van der Waals surface area contributed by atoms with Crippen LogP contribution in [-0.4, -0.2) is 29.1 Å². The van der Waals surface area contributed by atoms with Gasteiger partial charge in [-0.1, -0.05) is 243 Å². The van der Waals surface area contributed by atoms with Crippen molar-refractivity contribution in [1.82, 2.24) is 29.1 Å². The Kier molecular flexibility index (Phi) is 13.7. The average Bonchev–Trinajstić information content (AvgIpc) is 1.62. The molecule has 0 bridgehead atoms. The number of fused-ring (bicyclic) bond motifs is 20. The van der Waals surface area contributed by atoms with Crippen molar-refractivity contribution in [2.75, 3.05) is 0 Å². The van der Waals surface area contributed by atoms with Crippen LogP contribution in [0, 0.1) is 0 Å². The maximum atomic E-state index is 6.97. The number of para-hydroxylation sites is 5. The summed E-state index contributed by atoms with van der Waals surface area (Å²) in [5.41, 5.74) is 22.4. The van der Waals surface area contributed by atoms with E-state index in [4.69, 9.17) is 28.8 Å². The van der Waals surface area contributed by atoms with E-state index in [-0.39, 0.29) is 0 Å². The van der Waals surface area contributed by atoms with Gasteiger partial charge in [-0.3, -0.25) is 0 Å². The summed E-state index contributed by atoms with van der Waals surface area (Å²) in [7, 11) is 0. The van der Waals surface area contributed by atoms with Gasteiger partial charge in [0.05, 0.1) is 60.3 Å². The topological polar surface area (TPSA) is 87.7 Å². The molecular formula is C98H58N6O2S. The van der Waals surface area contributed by atoms with Crippen LogP contribution in [-0.2, 0) is 0 Å². The van der Waals surface area contributed by atoms with E-state index in [2.05, 4.69) is 337 Å². The Balaban J connectivity index is 0.000000133. The highest BCUT2D eigenvalue weighted by Gasteiger charge is 2.25. The SMILES string of the molecule is c1ccc(-c2nc(-c3cc4ccccc4c4c3oc3cc(-c5ccc6c(c5)c5ccccc5n6-c5ccccc5)ccc34)nc3c2sc2ccccc23)cc1.c1ccc(-c2nc(-c3cc4ccccc4c4c3oc3cc(-c5ccc6c(c5)c5ccccc5n6-c5ccccc5)ccc34)nc3ccccc23)cc1. The third-order valence-corrected chi connectivity index (χ3v) is 22.5. The van der Waals surface area contributed by atoms with Gasteiger partial charge in [0.1, 0.15) is 22.3 Å².